The Kier molecular flexibility index (Phi) is 6.33. The monoisotopic (exact) mass is 510 g/mol. The van der Waals surface area contributed by atoms with Crippen LogP contribution >= 0.6 is 12.2 Å². The average Bonchev–Trinajstić information content (AvgIpc) is 3.36. The van der Waals surface area contributed by atoms with E-state index in [2.05, 4.69) is 71.7 Å². The zero-order valence-electron chi connectivity index (χ0n) is 21.6. The van der Waals surface area contributed by atoms with Gasteiger partial charge in [0.2, 0.25) is 0 Å². The molecule has 2 atom stereocenters. The number of hydrogen-bond donors (Lipinski definition) is 2. The lowest BCUT2D eigenvalue weighted by atomic mass is 9.96. The first-order valence-electron chi connectivity index (χ1n) is 12.3. The molecule has 1 fully saturated rings. The number of aromatic carboxylic acids is 1. The highest BCUT2D eigenvalue weighted by Gasteiger charge is 2.42. The molecule has 188 valence electrons. The second-order valence-corrected chi connectivity index (χ2v) is 10.1. The summed E-state index contributed by atoms with van der Waals surface area (Å²) in [5.74, 6) is -0.939. The van der Waals surface area contributed by atoms with Gasteiger partial charge < -0.3 is 19.9 Å². The van der Waals surface area contributed by atoms with Crippen LogP contribution in [0.3, 0.4) is 0 Å². The molecule has 0 amide bonds. The van der Waals surface area contributed by atoms with E-state index in [9.17, 15) is 9.90 Å². The summed E-state index contributed by atoms with van der Waals surface area (Å²) in [5, 5.41) is 13.8. The van der Waals surface area contributed by atoms with Gasteiger partial charge in [-0.25, -0.2) is 4.79 Å². The first-order valence-corrected chi connectivity index (χ1v) is 12.7. The molecule has 0 bridgehead atoms. The van der Waals surface area contributed by atoms with Gasteiger partial charge in [0.25, 0.3) is 0 Å². The highest BCUT2D eigenvalue weighted by Crippen LogP contribution is 2.44. The smallest absolute Gasteiger partial charge is 0.335 e. The highest BCUT2D eigenvalue weighted by molar-refractivity contribution is 7.80. The summed E-state index contributed by atoms with van der Waals surface area (Å²) in [5.41, 5.74) is 9.67. The first-order chi connectivity index (χ1) is 17.7. The minimum absolute atomic E-state index is 0.146. The Morgan fingerprint density at radius 1 is 0.946 bits per heavy atom. The zero-order chi connectivity index (χ0) is 26.4. The highest BCUT2D eigenvalue weighted by atomic mass is 32.1. The third kappa shape index (κ3) is 4.29. The predicted molar refractivity (Wildman–Crippen MR) is 151 cm³/mol. The van der Waals surface area contributed by atoms with Crippen molar-refractivity contribution in [3.05, 3.63) is 112 Å². The zero-order valence-corrected chi connectivity index (χ0v) is 22.4. The summed E-state index contributed by atoms with van der Waals surface area (Å²) in [6, 6.07) is 19.5. The number of pyridine rings is 1. The van der Waals surface area contributed by atoms with E-state index in [1.54, 1.807) is 18.3 Å². The summed E-state index contributed by atoms with van der Waals surface area (Å²) < 4.78 is 2.15. The van der Waals surface area contributed by atoms with E-state index in [0.717, 1.165) is 39.6 Å². The second-order valence-electron chi connectivity index (χ2n) is 9.73. The largest absolute Gasteiger partial charge is 0.478 e. The Morgan fingerprint density at radius 2 is 1.70 bits per heavy atom. The molecule has 5 rings (SSSR count). The van der Waals surface area contributed by atoms with Gasteiger partial charge in [-0.05, 0) is 112 Å². The van der Waals surface area contributed by atoms with Gasteiger partial charge in [0.15, 0.2) is 5.11 Å². The van der Waals surface area contributed by atoms with Gasteiger partial charge in [0.1, 0.15) is 0 Å². The number of aryl methyl sites for hydroxylation is 4. The van der Waals surface area contributed by atoms with Gasteiger partial charge in [-0.15, -0.1) is 0 Å². The lowest BCUT2D eigenvalue weighted by Gasteiger charge is -2.28. The molecular weight excluding hydrogens is 480 g/mol. The number of carboxylic acid groups (broad SMARTS) is 1. The van der Waals surface area contributed by atoms with Crippen molar-refractivity contribution in [1.82, 2.24) is 14.9 Å². The fourth-order valence-corrected chi connectivity index (χ4v) is 5.61. The fourth-order valence-electron chi connectivity index (χ4n) is 5.27. The molecule has 1 aliphatic heterocycles. The van der Waals surface area contributed by atoms with Crippen molar-refractivity contribution in [2.45, 2.75) is 46.7 Å². The first kappa shape index (κ1) is 24.7. The quantitative estimate of drug-likeness (QED) is 0.308. The fraction of sp³-hybridized carbons (Fsp3) is 0.233. The van der Waals surface area contributed by atoms with Crippen LogP contribution < -0.4 is 10.2 Å². The minimum atomic E-state index is -0.939. The number of carbonyl (C=O) groups is 1. The summed E-state index contributed by atoms with van der Waals surface area (Å²) in [7, 11) is 0. The number of anilines is 1. The molecule has 2 N–H and O–H groups in total. The van der Waals surface area contributed by atoms with Crippen molar-refractivity contribution in [2.24, 2.45) is 0 Å². The Hall–Kier alpha value is -3.97. The SMILES string of the molecule is Cc1ccc(N2C(=S)N[C@@H](c3ccccn3)[C@H]2c2cc(C)n(-c3cc(C(=O)O)ccc3C)c2C)cc1C. The van der Waals surface area contributed by atoms with E-state index < -0.39 is 5.97 Å². The molecule has 3 heterocycles. The minimum Gasteiger partial charge on any atom is -0.478 e. The third-order valence-corrected chi connectivity index (χ3v) is 7.67. The van der Waals surface area contributed by atoms with Gasteiger partial charge in [0.05, 0.1) is 23.3 Å². The van der Waals surface area contributed by atoms with E-state index in [4.69, 9.17) is 12.2 Å². The molecular formula is C30H30N4O2S. The molecule has 0 radical (unpaired) electrons. The maximum absolute atomic E-state index is 11.7. The molecule has 0 unspecified atom stereocenters. The maximum atomic E-state index is 11.7. The Bertz CT molecular complexity index is 1530. The van der Waals surface area contributed by atoms with E-state index in [0.29, 0.717) is 5.11 Å². The normalized spacial score (nSPS) is 17.2. The summed E-state index contributed by atoms with van der Waals surface area (Å²) in [6.07, 6.45) is 1.81. The number of carboxylic acids is 1. The van der Waals surface area contributed by atoms with E-state index in [-0.39, 0.29) is 17.6 Å². The lowest BCUT2D eigenvalue weighted by Crippen LogP contribution is -2.29. The molecule has 37 heavy (non-hydrogen) atoms. The molecule has 1 saturated heterocycles. The number of benzene rings is 2. The molecule has 2 aromatic carbocycles. The van der Waals surface area contributed by atoms with Crippen LogP contribution in [-0.4, -0.2) is 25.7 Å². The molecule has 0 aliphatic carbocycles. The van der Waals surface area contributed by atoms with Crippen LogP contribution in [0.2, 0.25) is 0 Å². The molecule has 1 aliphatic rings. The van der Waals surface area contributed by atoms with Gasteiger partial charge in [-0.3, -0.25) is 4.98 Å². The molecule has 0 saturated carbocycles. The number of rotatable bonds is 5. The van der Waals surface area contributed by atoms with Crippen LogP contribution in [0.1, 0.15) is 61.8 Å². The average molecular weight is 511 g/mol. The van der Waals surface area contributed by atoms with E-state index in [1.807, 2.05) is 31.2 Å². The van der Waals surface area contributed by atoms with Gasteiger partial charge in [-0.2, -0.15) is 0 Å². The molecule has 0 spiro atoms. The van der Waals surface area contributed by atoms with Crippen LogP contribution in [0.25, 0.3) is 5.69 Å². The number of thiocarbonyl (C=S) groups is 1. The summed E-state index contributed by atoms with van der Waals surface area (Å²) in [4.78, 5) is 18.6. The van der Waals surface area contributed by atoms with Gasteiger partial charge in [0, 0.05) is 29.0 Å². The van der Waals surface area contributed by atoms with Crippen molar-refractivity contribution in [3.63, 3.8) is 0 Å². The lowest BCUT2D eigenvalue weighted by molar-refractivity contribution is 0.0697. The van der Waals surface area contributed by atoms with Crippen molar-refractivity contribution < 1.29 is 9.90 Å². The number of aromatic nitrogens is 2. The molecule has 6 nitrogen and oxygen atoms in total. The summed E-state index contributed by atoms with van der Waals surface area (Å²) in [6.45, 7) is 10.4. The van der Waals surface area contributed by atoms with E-state index in [1.165, 1.54) is 11.1 Å². The van der Waals surface area contributed by atoms with Crippen LogP contribution in [-0.2, 0) is 0 Å². The van der Waals surface area contributed by atoms with Crippen LogP contribution in [0.4, 0.5) is 5.69 Å². The number of hydrogen-bond acceptors (Lipinski definition) is 3. The maximum Gasteiger partial charge on any atom is 0.335 e. The molecule has 7 heteroatoms. The number of nitrogens with one attached hydrogen (secondary N) is 1. The summed E-state index contributed by atoms with van der Waals surface area (Å²) >= 11 is 5.91. The Balaban J connectivity index is 1.71. The molecule has 4 aromatic rings. The van der Waals surface area contributed by atoms with Crippen molar-refractivity contribution in [3.8, 4) is 5.69 Å². The topological polar surface area (TPSA) is 70.4 Å². The standard InChI is InChI=1S/C30H30N4O2S/c1-17-10-12-23(14-19(17)3)34-28(27(32-30(34)37)25-8-6-7-13-31-25)24-15-20(4)33(21(24)5)26-16-22(29(35)36)11-9-18(26)2/h6-16,27-28H,1-5H3,(H,32,37)(H,35,36)/t27-,28+/m0/s1. The Morgan fingerprint density at radius 3 is 2.38 bits per heavy atom. The van der Waals surface area contributed by atoms with Crippen LogP contribution in [0, 0.1) is 34.6 Å². The molecule has 2 aromatic heterocycles. The van der Waals surface area contributed by atoms with Crippen molar-refractivity contribution >= 4 is 29.0 Å². The van der Waals surface area contributed by atoms with E-state index >= 15 is 0 Å². The predicted octanol–water partition coefficient (Wildman–Crippen LogP) is 6.29. The van der Waals surface area contributed by atoms with Crippen molar-refractivity contribution in [1.29, 1.82) is 0 Å². The second kappa shape index (κ2) is 9.48. The number of nitrogens with zero attached hydrogens (tertiary/aromatic N) is 3. The van der Waals surface area contributed by atoms with Crippen molar-refractivity contribution in [2.75, 3.05) is 4.90 Å². The van der Waals surface area contributed by atoms with Crippen LogP contribution in [0.5, 0.6) is 0 Å². The Labute approximate surface area is 222 Å². The van der Waals surface area contributed by atoms with Gasteiger partial charge >= 0.3 is 5.97 Å². The van der Waals surface area contributed by atoms with Crippen LogP contribution in [0.15, 0.2) is 66.9 Å². The van der Waals surface area contributed by atoms with Gasteiger partial charge in [-0.1, -0.05) is 18.2 Å². The third-order valence-electron chi connectivity index (χ3n) is 7.35.